The van der Waals surface area contributed by atoms with E-state index in [4.69, 9.17) is 4.98 Å². The number of rotatable bonds is 6. The van der Waals surface area contributed by atoms with Crippen molar-refractivity contribution in [1.29, 1.82) is 5.26 Å². The molecule has 0 unspecified atom stereocenters. The number of carbonyl (C=O) groups excluding carboxylic acids is 1. The van der Waals surface area contributed by atoms with E-state index < -0.39 is 0 Å². The summed E-state index contributed by atoms with van der Waals surface area (Å²) in [4.78, 5) is 23.8. The SMILES string of the molecule is C=CC(=O)Nc1cc(Nc2ncc(C#N)c(-c3cn4c5c(cccc35)CCC4)n2)c(C)cc1N1CCCC1.CNC. The van der Waals surface area contributed by atoms with Crippen LogP contribution in [0, 0.1) is 18.3 Å². The first-order valence-electron chi connectivity index (χ1n) is 14.0. The zero-order valence-electron chi connectivity index (χ0n) is 23.9. The monoisotopic (exact) mass is 548 g/mol. The Bertz CT molecular complexity index is 1640. The fraction of sp³-hybridized carbons (Fsp3) is 0.312. The Morgan fingerprint density at radius 3 is 2.63 bits per heavy atom. The van der Waals surface area contributed by atoms with Crippen LogP contribution in [0.15, 0.2) is 55.4 Å². The molecule has 0 aliphatic carbocycles. The Balaban J connectivity index is 0.00000108. The molecule has 2 aromatic carbocycles. The molecule has 0 bridgehead atoms. The van der Waals surface area contributed by atoms with E-state index in [-0.39, 0.29) is 5.91 Å². The van der Waals surface area contributed by atoms with E-state index in [1.165, 1.54) is 17.2 Å². The Kier molecular flexibility index (Phi) is 8.31. The zero-order chi connectivity index (χ0) is 28.9. The van der Waals surface area contributed by atoms with E-state index in [1.807, 2.05) is 27.1 Å². The summed E-state index contributed by atoms with van der Waals surface area (Å²) in [5, 5.41) is 20.0. The maximum Gasteiger partial charge on any atom is 0.247 e. The summed E-state index contributed by atoms with van der Waals surface area (Å²) in [5.74, 6) is 0.134. The van der Waals surface area contributed by atoms with Gasteiger partial charge < -0.3 is 25.4 Å². The fourth-order valence-corrected chi connectivity index (χ4v) is 5.62. The normalized spacial score (nSPS) is 13.8. The summed E-state index contributed by atoms with van der Waals surface area (Å²) in [7, 11) is 3.75. The lowest BCUT2D eigenvalue weighted by Crippen LogP contribution is -2.21. The minimum atomic E-state index is -0.259. The van der Waals surface area contributed by atoms with Crippen molar-refractivity contribution in [2.75, 3.05) is 42.7 Å². The van der Waals surface area contributed by atoms with Gasteiger partial charge in [-0.1, -0.05) is 24.8 Å². The van der Waals surface area contributed by atoms with Gasteiger partial charge in [0.05, 0.1) is 34.3 Å². The Morgan fingerprint density at radius 2 is 1.90 bits per heavy atom. The lowest BCUT2D eigenvalue weighted by molar-refractivity contribution is -0.111. The number of benzene rings is 2. The number of anilines is 4. The van der Waals surface area contributed by atoms with Crippen molar-refractivity contribution in [2.24, 2.45) is 0 Å². The second-order valence-corrected chi connectivity index (χ2v) is 10.4. The number of hydrogen-bond acceptors (Lipinski definition) is 7. The molecule has 2 aliphatic heterocycles. The van der Waals surface area contributed by atoms with Crippen molar-refractivity contribution >= 4 is 39.8 Å². The van der Waals surface area contributed by atoms with Gasteiger partial charge in [-0.05, 0) is 76.0 Å². The highest BCUT2D eigenvalue weighted by molar-refractivity contribution is 6.02. The molecular formula is C32H36N8O. The van der Waals surface area contributed by atoms with Crippen molar-refractivity contribution in [1.82, 2.24) is 19.9 Å². The second-order valence-electron chi connectivity index (χ2n) is 10.4. The first kappa shape index (κ1) is 27.9. The van der Waals surface area contributed by atoms with E-state index in [0.717, 1.165) is 73.2 Å². The fourth-order valence-electron chi connectivity index (χ4n) is 5.62. The quantitative estimate of drug-likeness (QED) is 0.272. The molecule has 1 saturated heterocycles. The Hall–Kier alpha value is -4.68. The lowest BCUT2D eigenvalue weighted by Gasteiger charge is -2.23. The summed E-state index contributed by atoms with van der Waals surface area (Å²) in [6.45, 7) is 8.49. The minimum Gasteiger partial charge on any atom is -0.370 e. The number of nitrogens with zero attached hydrogens (tertiary/aromatic N) is 5. The number of nitriles is 1. The highest BCUT2D eigenvalue weighted by Crippen LogP contribution is 2.38. The summed E-state index contributed by atoms with van der Waals surface area (Å²) in [5.41, 5.74) is 8.03. The van der Waals surface area contributed by atoms with Crippen molar-refractivity contribution < 1.29 is 4.79 Å². The molecule has 210 valence electrons. The average Bonchev–Trinajstić information content (AvgIpc) is 3.65. The van der Waals surface area contributed by atoms with Crippen LogP contribution in [-0.4, -0.2) is 47.6 Å². The molecule has 2 aromatic heterocycles. The van der Waals surface area contributed by atoms with Gasteiger partial charge >= 0.3 is 0 Å². The standard InChI is InChI=1S/C30H29N7O.C2H7N/c1-3-27(38)33-25-15-24(19(2)14-26(25)36-11-4-5-12-36)34-30-32-17-21(16-31)28(35-30)23-18-37-13-7-9-20-8-6-10-22(23)29(20)37;1-3-2/h3,6,8,10,14-15,17-18H,1,4-5,7,9,11-13H2,2H3,(H,33,38)(H,32,34,35);3H,1-2H3. The van der Waals surface area contributed by atoms with Gasteiger partial charge in [0.1, 0.15) is 6.07 Å². The molecule has 9 nitrogen and oxygen atoms in total. The van der Waals surface area contributed by atoms with Gasteiger partial charge in [0, 0.05) is 42.5 Å². The predicted molar refractivity (Wildman–Crippen MR) is 166 cm³/mol. The van der Waals surface area contributed by atoms with Gasteiger partial charge in [0.25, 0.3) is 0 Å². The van der Waals surface area contributed by atoms with Gasteiger partial charge in [-0.15, -0.1) is 0 Å². The molecule has 0 saturated carbocycles. The molecule has 6 rings (SSSR count). The van der Waals surface area contributed by atoms with E-state index >= 15 is 0 Å². The lowest BCUT2D eigenvalue weighted by atomic mass is 10.0. The van der Waals surface area contributed by atoms with E-state index in [1.54, 1.807) is 6.20 Å². The van der Waals surface area contributed by atoms with Crippen molar-refractivity contribution in [3.63, 3.8) is 0 Å². The van der Waals surface area contributed by atoms with Crippen LogP contribution in [0.25, 0.3) is 22.2 Å². The largest absolute Gasteiger partial charge is 0.370 e. The Morgan fingerprint density at radius 1 is 1.12 bits per heavy atom. The molecule has 4 aromatic rings. The maximum atomic E-state index is 12.2. The van der Waals surface area contributed by atoms with Crippen LogP contribution in [0.1, 0.15) is 36.0 Å². The van der Waals surface area contributed by atoms with Crippen LogP contribution in [0.3, 0.4) is 0 Å². The van der Waals surface area contributed by atoms with Crippen LogP contribution in [0.5, 0.6) is 0 Å². The number of nitrogens with one attached hydrogen (secondary N) is 3. The van der Waals surface area contributed by atoms with Gasteiger partial charge in [0.2, 0.25) is 11.9 Å². The smallest absolute Gasteiger partial charge is 0.247 e. The number of hydrogen-bond donors (Lipinski definition) is 3. The van der Waals surface area contributed by atoms with Crippen molar-refractivity contribution in [2.45, 2.75) is 39.2 Å². The summed E-state index contributed by atoms with van der Waals surface area (Å²) >= 11 is 0. The van der Waals surface area contributed by atoms with Crippen LogP contribution in [-0.2, 0) is 17.8 Å². The predicted octanol–water partition coefficient (Wildman–Crippen LogP) is 5.53. The highest BCUT2D eigenvalue weighted by atomic mass is 16.1. The van der Waals surface area contributed by atoms with Gasteiger partial charge in [-0.2, -0.15) is 5.26 Å². The summed E-state index contributed by atoms with van der Waals surface area (Å²) < 4.78 is 2.27. The zero-order valence-corrected chi connectivity index (χ0v) is 23.9. The van der Waals surface area contributed by atoms with Crippen LogP contribution in [0.4, 0.5) is 23.0 Å². The number of amides is 1. The molecule has 4 heterocycles. The van der Waals surface area contributed by atoms with Crippen LogP contribution < -0.4 is 20.9 Å². The topological polar surface area (TPSA) is 111 Å². The molecule has 3 N–H and O–H groups in total. The Labute approximate surface area is 240 Å². The molecule has 0 spiro atoms. The van der Waals surface area contributed by atoms with Gasteiger partial charge in [0.15, 0.2) is 0 Å². The van der Waals surface area contributed by atoms with Crippen molar-refractivity contribution in [3.8, 4) is 17.3 Å². The van der Waals surface area contributed by atoms with Crippen LogP contribution >= 0.6 is 0 Å². The van der Waals surface area contributed by atoms with Gasteiger partial charge in [-0.3, -0.25) is 4.79 Å². The van der Waals surface area contributed by atoms with E-state index in [0.29, 0.717) is 22.9 Å². The molecule has 1 amide bonds. The number of aromatic nitrogens is 3. The van der Waals surface area contributed by atoms with Gasteiger partial charge in [-0.25, -0.2) is 9.97 Å². The average molecular weight is 549 g/mol. The number of carbonyl (C=O) groups is 1. The van der Waals surface area contributed by atoms with E-state index in [9.17, 15) is 10.1 Å². The first-order valence-corrected chi connectivity index (χ1v) is 14.0. The third-order valence-electron chi connectivity index (χ3n) is 7.47. The third kappa shape index (κ3) is 5.65. The highest BCUT2D eigenvalue weighted by Gasteiger charge is 2.22. The number of aryl methyl sites for hydroxylation is 3. The minimum absolute atomic E-state index is 0.259. The van der Waals surface area contributed by atoms with Crippen molar-refractivity contribution in [3.05, 3.63) is 72.1 Å². The molecular weight excluding hydrogens is 512 g/mol. The van der Waals surface area contributed by atoms with Crippen LogP contribution in [0.2, 0.25) is 0 Å². The summed E-state index contributed by atoms with van der Waals surface area (Å²) in [6.07, 6.45) is 9.38. The first-order chi connectivity index (χ1) is 20.0. The third-order valence-corrected chi connectivity index (χ3v) is 7.47. The van der Waals surface area contributed by atoms with E-state index in [2.05, 4.69) is 73.5 Å². The summed E-state index contributed by atoms with van der Waals surface area (Å²) in [6, 6.07) is 12.6. The second kappa shape index (κ2) is 12.2. The molecule has 41 heavy (non-hydrogen) atoms. The molecule has 9 heteroatoms. The molecule has 0 atom stereocenters. The molecule has 1 fully saturated rings. The number of para-hydroxylation sites is 1. The molecule has 2 aliphatic rings. The molecule has 0 radical (unpaired) electrons. The maximum absolute atomic E-state index is 12.2.